The molecule has 228 valence electrons. The van der Waals surface area contributed by atoms with Crippen molar-refractivity contribution in [1.82, 2.24) is 0 Å². The summed E-state index contributed by atoms with van der Waals surface area (Å²) in [5.74, 6) is 0. The van der Waals surface area contributed by atoms with E-state index >= 15 is 0 Å². The molecular formula is C48H30O. The van der Waals surface area contributed by atoms with E-state index < -0.39 is 60.4 Å². The number of para-hydroxylation sites is 1. The molecule has 0 bridgehead atoms. The number of hydrogen-bond acceptors (Lipinski definition) is 1. The van der Waals surface area contributed by atoms with Gasteiger partial charge in [-0.05, 0) is 89.4 Å². The fraction of sp³-hybridized carbons (Fsp3) is 0. The molecule has 0 aliphatic carbocycles. The van der Waals surface area contributed by atoms with Gasteiger partial charge in [-0.25, -0.2) is 0 Å². The molecule has 0 saturated carbocycles. The Morgan fingerprint density at radius 1 is 0.388 bits per heavy atom. The van der Waals surface area contributed by atoms with Gasteiger partial charge < -0.3 is 4.42 Å². The van der Waals surface area contributed by atoms with E-state index in [0.717, 1.165) is 43.8 Å². The Kier molecular flexibility index (Phi) is 4.25. The minimum absolute atomic E-state index is 0.0647. The lowest BCUT2D eigenvalue weighted by Gasteiger charge is -2.18. The fourth-order valence-corrected chi connectivity index (χ4v) is 7.15. The van der Waals surface area contributed by atoms with Crippen LogP contribution in [0.1, 0.15) is 15.1 Å². The third-order valence-electron chi connectivity index (χ3n) is 9.29. The fourth-order valence-electron chi connectivity index (χ4n) is 7.15. The van der Waals surface area contributed by atoms with Gasteiger partial charge >= 0.3 is 0 Å². The maximum Gasteiger partial charge on any atom is 0.143 e. The van der Waals surface area contributed by atoms with Crippen LogP contribution in [0.15, 0.2) is 186 Å². The van der Waals surface area contributed by atoms with Crippen molar-refractivity contribution in [3.63, 3.8) is 0 Å². The second kappa shape index (κ2) is 11.1. The van der Waals surface area contributed by atoms with Crippen LogP contribution in [0.5, 0.6) is 0 Å². The lowest BCUT2D eigenvalue weighted by molar-refractivity contribution is 0.670. The van der Waals surface area contributed by atoms with Crippen LogP contribution in [0.4, 0.5) is 0 Å². The summed E-state index contributed by atoms with van der Waals surface area (Å²) in [5.41, 5.74) is 3.55. The molecule has 0 spiro atoms. The molecule has 9 aromatic carbocycles. The van der Waals surface area contributed by atoms with Gasteiger partial charge in [-0.2, -0.15) is 0 Å². The highest BCUT2D eigenvalue weighted by molar-refractivity contribution is 6.26. The van der Waals surface area contributed by atoms with Gasteiger partial charge in [-0.3, -0.25) is 0 Å². The van der Waals surface area contributed by atoms with Crippen LogP contribution in [0.3, 0.4) is 0 Å². The van der Waals surface area contributed by atoms with E-state index in [0.29, 0.717) is 16.3 Å². The Morgan fingerprint density at radius 2 is 1.02 bits per heavy atom. The van der Waals surface area contributed by atoms with Crippen molar-refractivity contribution in [2.45, 2.75) is 0 Å². The van der Waals surface area contributed by atoms with Crippen molar-refractivity contribution >= 4 is 54.3 Å². The normalized spacial score (nSPS) is 14.8. The molecule has 0 amide bonds. The maximum atomic E-state index is 9.53. The van der Waals surface area contributed by atoms with Crippen molar-refractivity contribution in [1.29, 1.82) is 0 Å². The highest BCUT2D eigenvalue weighted by atomic mass is 16.3. The predicted molar refractivity (Wildman–Crippen MR) is 208 cm³/mol. The van der Waals surface area contributed by atoms with Crippen molar-refractivity contribution in [2.24, 2.45) is 0 Å². The average molecular weight is 634 g/mol. The number of benzene rings is 9. The van der Waals surface area contributed by atoms with Gasteiger partial charge in [0.1, 0.15) is 11.2 Å². The van der Waals surface area contributed by atoms with Gasteiger partial charge in [0.25, 0.3) is 0 Å². The van der Waals surface area contributed by atoms with E-state index in [9.17, 15) is 2.74 Å². The third kappa shape index (κ3) is 4.40. The Bertz CT molecular complexity index is 3430. The summed E-state index contributed by atoms with van der Waals surface area (Å²) in [7, 11) is 0. The number of fused-ring (bicyclic) bond motifs is 6. The minimum atomic E-state index is -0.652. The van der Waals surface area contributed by atoms with Crippen LogP contribution in [-0.4, -0.2) is 0 Å². The SMILES string of the molecule is [2H]c1c([2H])c([2H])c(-c2c([2H])c([2H])c([2H])c3c2oc2c([2H])c([2H])c([2H])c(-c4c5ccccc5c(-c5cccc(-c6ccc7ccccc7c6)c5)c5ccccc45)c23)c([2H])c1[2H]. The molecule has 0 N–H and O–H groups in total. The van der Waals surface area contributed by atoms with Gasteiger partial charge in [0, 0.05) is 16.3 Å². The van der Waals surface area contributed by atoms with Crippen LogP contribution in [-0.2, 0) is 0 Å². The van der Waals surface area contributed by atoms with Crippen LogP contribution in [0, 0.1) is 0 Å². The van der Waals surface area contributed by atoms with Gasteiger partial charge in [-0.1, -0.05) is 164 Å². The second-order valence-electron chi connectivity index (χ2n) is 12.0. The standard InChI is InChI=1S/C48H30O/c1-2-14-32(15-3-1)37-23-11-25-43-47-42(24-12-26-44(47)49-48(37)43)46-40-21-8-6-19-38(40)45(39-20-7-9-22-41(39)46)36-18-10-17-34(30-36)35-28-27-31-13-4-5-16-33(31)29-35/h1-30H/i1D,2D,3D,11D,12D,14D,15D,23D,24D,25D,26D. The van der Waals surface area contributed by atoms with E-state index in [1.165, 1.54) is 0 Å². The summed E-state index contributed by atoms with van der Waals surface area (Å²) in [6, 6.07) is 32.4. The van der Waals surface area contributed by atoms with E-state index in [1.807, 2.05) is 66.7 Å². The summed E-state index contributed by atoms with van der Waals surface area (Å²) in [4.78, 5) is 0. The van der Waals surface area contributed by atoms with Crippen molar-refractivity contribution < 1.29 is 19.5 Å². The Hall–Kier alpha value is -6.44. The number of furan rings is 1. The first-order valence-corrected chi connectivity index (χ1v) is 15.9. The quantitative estimate of drug-likeness (QED) is 0.176. The zero-order valence-corrected chi connectivity index (χ0v) is 25.9. The summed E-state index contributed by atoms with van der Waals surface area (Å²) >= 11 is 0. The first kappa shape index (κ1) is 18.8. The van der Waals surface area contributed by atoms with Crippen molar-refractivity contribution in [3.05, 3.63) is 182 Å². The molecule has 0 aliphatic heterocycles. The molecule has 0 saturated heterocycles. The summed E-state index contributed by atoms with van der Waals surface area (Å²) in [6.07, 6.45) is 0. The topological polar surface area (TPSA) is 13.1 Å². The van der Waals surface area contributed by atoms with Crippen LogP contribution >= 0.6 is 0 Å². The van der Waals surface area contributed by atoms with E-state index in [-0.39, 0.29) is 44.7 Å². The Labute approximate surface area is 299 Å². The van der Waals surface area contributed by atoms with E-state index in [4.69, 9.17) is 16.8 Å². The second-order valence-corrected chi connectivity index (χ2v) is 12.0. The first-order valence-electron chi connectivity index (χ1n) is 21.4. The Balaban J connectivity index is 1.33. The van der Waals surface area contributed by atoms with Crippen molar-refractivity contribution in [3.8, 4) is 44.5 Å². The highest BCUT2D eigenvalue weighted by Crippen LogP contribution is 2.48. The molecule has 10 rings (SSSR count). The summed E-state index contributed by atoms with van der Waals surface area (Å²) in [5, 5.41) is 5.40. The van der Waals surface area contributed by atoms with E-state index in [2.05, 4.69) is 48.5 Å². The zero-order valence-electron chi connectivity index (χ0n) is 36.9. The minimum Gasteiger partial charge on any atom is -0.455 e. The summed E-state index contributed by atoms with van der Waals surface area (Å²) in [6.45, 7) is 0. The van der Waals surface area contributed by atoms with Gasteiger partial charge in [0.15, 0.2) is 0 Å². The molecule has 0 unspecified atom stereocenters. The molecular weight excluding hydrogens is 593 g/mol. The van der Waals surface area contributed by atoms with Crippen LogP contribution < -0.4 is 0 Å². The Morgan fingerprint density at radius 3 is 1.80 bits per heavy atom. The zero-order chi connectivity index (χ0) is 41.9. The van der Waals surface area contributed by atoms with Crippen LogP contribution in [0.25, 0.3) is 98.8 Å². The molecule has 0 atom stereocenters. The lowest BCUT2D eigenvalue weighted by atomic mass is 9.84. The molecule has 1 heterocycles. The molecule has 1 nitrogen and oxygen atoms in total. The molecule has 0 aliphatic rings. The maximum absolute atomic E-state index is 9.53. The number of rotatable bonds is 4. The smallest absolute Gasteiger partial charge is 0.143 e. The molecule has 1 heteroatoms. The van der Waals surface area contributed by atoms with Crippen molar-refractivity contribution in [2.75, 3.05) is 0 Å². The highest BCUT2D eigenvalue weighted by Gasteiger charge is 2.21. The molecule has 1 aromatic heterocycles. The average Bonchev–Trinajstić information content (AvgIpc) is 3.67. The van der Waals surface area contributed by atoms with Gasteiger partial charge in [0.2, 0.25) is 0 Å². The predicted octanol–water partition coefficient (Wildman–Crippen LogP) is 13.7. The largest absolute Gasteiger partial charge is 0.455 e. The summed E-state index contributed by atoms with van der Waals surface area (Å²) < 4.78 is 104. The molecule has 10 aromatic rings. The van der Waals surface area contributed by atoms with E-state index in [1.54, 1.807) is 0 Å². The molecule has 49 heavy (non-hydrogen) atoms. The molecule has 0 fully saturated rings. The number of hydrogen-bond donors (Lipinski definition) is 0. The monoisotopic (exact) mass is 633 g/mol. The lowest BCUT2D eigenvalue weighted by Crippen LogP contribution is -1.91. The first-order chi connectivity index (χ1) is 28.9. The third-order valence-corrected chi connectivity index (χ3v) is 9.29. The van der Waals surface area contributed by atoms with Gasteiger partial charge in [-0.15, -0.1) is 0 Å². The van der Waals surface area contributed by atoms with Gasteiger partial charge in [0.05, 0.1) is 15.1 Å². The molecule has 0 radical (unpaired) electrons. The van der Waals surface area contributed by atoms with Crippen LogP contribution in [0.2, 0.25) is 0 Å².